The molecule has 1 amide bonds. The molecule has 2 N–H and O–H groups in total. The zero-order chi connectivity index (χ0) is 15.5. The summed E-state index contributed by atoms with van der Waals surface area (Å²) in [6, 6.07) is 0. The van der Waals surface area contributed by atoms with E-state index in [4.69, 9.17) is 0 Å². The molecular weight excluding hydrogens is 286 g/mol. The van der Waals surface area contributed by atoms with Gasteiger partial charge in [0.25, 0.3) is 0 Å². The Morgan fingerprint density at radius 2 is 2.14 bits per heavy atom. The summed E-state index contributed by atoms with van der Waals surface area (Å²) in [4.78, 5) is 16.2. The second kappa shape index (κ2) is 6.40. The minimum absolute atomic E-state index is 0.0473. The third-order valence-corrected chi connectivity index (χ3v) is 4.78. The summed E-state index contributed by atoms with van der Waals surface area (Å²) < 4.78 is 2.06. The first-order valence-corrected chi connectivity index (χ1v) is 8.44. The van der Waals surface area contributed by atoms with Crippen LogP contribution in [0.4, 0.5) is 0 Å². The van der Waals surface area contributed by atoms with Crippen molar-refractivity contribution in [2.75, 3.05) is 12.3 Å². The quantitative estimate of drug-likeness (QED) is 0.818. The first-order valence-electron chi connectivity index (χ1n) is 7.46. The standard InChI is InChI=1S/C15H25N3O2S/c1-14(2,3)18-9-8-16-13(18)21-10-12(19)17-11-15(20)6-4-5-7-15/h8-9,20H,4-7,10-11H2,1-3H3,(H,17,19). The van der Waals surface area contributed by atoms with E-state index in [1.54, 1.807) is 6.20 Å². The number of nitrogens with one attached hydrogen (secondary N) is 1. The number of hydrogen-bond acceptors (Lipinski definition) is 4. The second-order valence-corrected chi connectivity index (χ2v) is 7.69. The summed E-state index contributed by atoms with van der Waals surface area (Å²) >= 11 is 1.43. The van der Waals surface area contributed by atoms with Crippen molar-refractivity contribution in [1.29, 1.82) is 0 Å². The van der Waals surface area contributed by atoms with Crippen LogP contribution in [0.25, 0.3) is 0 Å². The van der Waals surface area contributed by atoms with Gasteiger partial charge in [0.15, 0.2) is 5.16 Å². The maximum Gasteiger partial charge on any atom is 0.230 e. The summed E-state index contributed by atoms with van der Waals surface area (Å²) in [6.07, 6.45) is 7.35. The molecule has 1 aliphatic carbocycles. The van der Waals surface area contributed by atoms with Gasteiger partial charge in [-0.15, -0.1) is 0 Å². The summed E-state index contributed by atoms with van der Waals surface area (Å²) in [5, 5.41) is 13.9. The predicted octanol–water partition coefficient (Wildman–Crippen LogP) is 2.15. The van der Waals surface area contributed by atoms with Crippen LogP contribution in [0.5, 0.6) is 0 Å². The van der Waals surface area contributed by atoms with Crippen LogP contribution in [0.3, 0.4) is 0 Å². The maximum absolute atomic E-state index is 11.9. The number of nitrogens with zero attached hydrogens (tertiary/aromatic N) is 2. The Kier molecular flexibility index (Phi) is 4.99. The number of aliphatic hydroxyl groups is 1. The number of rotatable bonds is 5. The van der Waals surface area contributed by atoms with Gasteiger partial charge in [0.2, 0.25) is 5.91 Å². The zero-order valence-electron chi connectivity index (χ0n) is 13.1. The van der Waals surface area contributed by atoms with Crippen LogP contribution in [0, 0.1) is 0 Å². The Hall–Kier alpha value is -1.01. The molecule has 0 spiro atoms. The van der Waals surface area contributed by atoms with Crippen molar-refractivity contribution < 1.29 is 9.90 Å². The molecule has 0 saturated heterocycles. The molecule has 0 atom stereocenters. The van der Waals surface area contributed by atoms with Gasteiger partial charge in [-0.2, -0.15) is 0 Å². The van der Waals surface area contributed by atoms with Crippen molar-refractivity contribution in [1.82, 2.24) is 14.9 Å². The molecule has 1 aliphatic rings. The Morgan fingerprint density at radius 3 is 2.76 bits per heavy atom. The van der Waals surface area contributed by atoms with Gasteiger partial charge in [0.1, 0.15) is 0 Å². The molecule has 0 aliphatic heterocycles. The van der Waals surface area contributed by atoms with Crippen molar-refractivity contribution in [3.63, 3.8) is 0 Å². The molecule has 0 bridgehead atoms. The van der Waals surface area contributed by atoms with Crippen LogP contribution in [0.2, 0.25) is 0 Å². The average Bonchev–Trinajstić information content (AvgIpc) is 3.02. The monoisotopic (exact) mass is 311 g/mol. The summed E-state index contributed by atoms with van der Waals surface area (Å²) in [5.74, 6) is 0.271. The molecule has 6 heteroatoms. The molecule has 0 aromatic carbocycles. The smallest absolute Gasteiger partial charge is 0.230 e. The highest BCUT2D eigenvalue weighted by atomic mass is 32.2. The van der Waals surface area contributed by atoms with Crippen molar-refractivity contribution >= 4 is 17.7 Å². The summed E-state index contributed by atoms with van der Waals surface area (Å²) in [7, 11) is 0. The molecule has 1 fully saturated rings. The lowest BCUT2D eigenvalue weighted by Gasteiger charge is -2.23. The van der Waals surface area contributed by atoms with E-state index < -0.39 is 5.60 Å². The van der Waals surface area contributed by atoms with Crippen LogP contribution in [-0.2, 0) is 10.3 Å². The van der Waals surface area contributed by atoms with Gasteiger partial charge in [-0.25, -0.2) is 4.98 Å². The molecule has 1 saturated carbocycles. The highest BCUT2D eigenvalue weighted by Crippen LogP contribution is 2.28. The molecule has 21 heavy (non-hydrogen) atoms. The summed E-state index contributed by atoms with van der Waals surface area (Å²) in [6.45, 7) is 6.68. The molecule has 1 heterocycles. The second-order valence-electron chi connectivity index (χ2n) is 6.75. The minimum Gasteiger partial charge on any atom is -0.388 e. The largest absolute Gasteiger partial charge is 0.388 e. The fourth-order valence-electron chi connectivity index (χ4n) is 2.56. The van der Waals surface area contributed by atoms with E-state index in [2.05, 4.69) is 35.6 Å². The normalized spacial score (nSPS) is 17.9. The Labute approximate surface area is 130 Å². The van der Waals surface area contributed by atoms with E-state index in [1.165, 1.54) is 11.8 Å². The first-order chi connectivity index (χ1) is 9.80. The summed E-state index contributed by atoms with van der Waals surface area (Å²) in [5.41, 5.74) is -0.738. The van der Waals surface area contributed by atoms with Gasteiger partial charge in [-0.05, 0) is 33.6 Å². The lowest BCUT2D eigenvalue weighted by Crippen LogP contribution is -2.41. The molecule has 1 aromatic rings. The van der Waals surface area contributed by atoms with Gasteiger partial charge in [0.05, 0.1) is 11.4 Å². The number of thioether (sulfide) groups is 1. The van der Waals surface area contributed by atoms with Crippen molar-refractivity contribution in [2.24, 2.45) is 0 Å². The van der Waals surface area contributed by atoms with Crippen LogP contribution in [0.1, 0.15) is 46.5 Å². The van der Waals surface area contributed by atoms with Gasteiger partial charge in [-0.3, -0.25) is 4.79 Å². The van der Waals surface area contributed by atoms with Crippen molar-refractivity contribution in [3.8, 4) is 0 Å². The Balaban J connectivity index is 1.80. The molecule has 0 unspecified atom stereocenters. The molecule has 1 aromatic heterocycles. The lowest BCUT2D eigenvalue weighted by molar-refractivity contribution is -0.119. The van der Waals surface area contributed by atoms with E-state index in [9.17, 15) is 9.90 Å². The van der Waals surface area contributed by atoms with Crippen molar-refractivity contribution in [3.05, 3.63) is 12.4 Å². The average molecular weight is 311 g/mol. The molecule has 5 nitrogen and oxygen atoms in total. The number of aromatic nitrogens is 2. The molecule has 2 rings (SSSR count). The number of carbonyl (C=O) groups is 1. The predicted molar refractivity (Wildman–Crippen MR) is 84.4 cm³/mol. The number of imidazole rings is 1. The van der Waals surface area contributed by atoms with E-state index >= 15 is 0 Å². The highest BCUT2D eigenvalue weighted by Gasteiger charge is 2.31. The van der Waals surface area contributed by atoms with Gasteiger partial charge in [-0.1, -0.05) is 24.6 Å². The highest BCUT2D eigenvalue weighted by molar-refractivity contribution is 7.99. The van der Waals surface area contributed by atoms with E-state index in [-0.39, 0.29) is 11.4 Å². The molecule has 118 valence electrons. The van der Waals surface area contributed by atoms with Crippen molar-refractivity contribution in [2.45, 2.75) is 62.8 Å². The fourth-order valence-corrected chi connectivity index (χ4v) is 3.53. The fraction of sp³-hybridized carbons (Fsp3) is 0.733. The molecule has 0 radical (unpaired) electrons. The Morgan fingerprint density at radius 1 is 1.48 bits per heavy atom. The third-order valence-electron chi connectivity index (χ3n) is 3.81. The first kappa shape index (κ1) is 16.4. The van der Waals surface area contributed by atoms with Gasteiger partial charge < -0.3 is 15.0 Å². The van der Waals surface area contributed by atoms with E-state index in [0.29, 0.717) is 12.3 Å². The van der Waals surface area contributed by atoms with E-state index in [1.807, 2.05) is 6.20 Å². The van der Waals surface area contributed by atoms with Crippen LogP contribution in [-0.4, -0.2) is 38.5 Å². The minimum atomic E-state index is -0.690. The van der Waals surface area contributed by atoms with Gasteiger partial charge in [0, 0.05) is 24.5 Å². The van der Waals surface area contributed by atoms with E-state index in [0.717, 1.165) is 30.8 Å². The lowest BCUT2D eigenvalue weighted by atomic mass is 10.0. The number of hydrogen-bond donors (Lipinski definition) is 2. The van der Waals surface area contributed by atoms with Gasteiger partial charge >= 0.3 is 0 Å². The van der Waals surface area contributed by atoms with Crippen LogP contribution < -0.4 is 5.32 Å². The maximum atomic E-state index is 11.9. The number of amides is 1. The zero-order valence-corrected chi connectivity index (χ0v) is 13.9. The van der Waals surface area contributed by atoms with Crippen LogP contribution >= 0.6 is 11.8 Å². The third kappa shape index (κ3) is 4.48. The SMILES string of the molecule is CC(C)(C)n1ccnc1SCC(=O)NCC1(O)CCCC1. The number of carbonyl (C=O) groups excluding carboxylic acids is 1. The molecular formula is C15H25N3O2S. The van der Waals surface area contributed by atoms with Crippen LogP contribution in [0.15, 0.2) is 17.6 Å². The Bertz CT molecular complexity index is 487. The topological polar surface area (TPSA) is 67.2 Å².